The zero-order chi connectivity index (χ0) is 16.9. The first-order valence-electron chi connectivity index (χ1n) is 8.31. The van der Waals surface area contributed by atoms with E-state index in [-0.39, 0.29) is 5.91 Å². The fourth-order valence-electron chi connectivity index (χ4n) is 3.17. The molecule has 0 radical (unpaired) electrons. The van der Waals surface area contributed by atoms with Gasteiger partial charge in [-0.15, -0.1) is 0 Å². The summed E-state index contributed by atoms with van der Waals surface area (Å²) in [6.45, 7) is 0. The Labute approximate surface area is 142 Å². The molecule has 3 rings (SSSR count). The standard InChI is InChI=1S/C20H23NO3/c1-23-18-11-17(12-19(13-18)24-2)21-20(22)10-14-7-8-15-5-3-4-6-16(15)9-14/h7-9,11-13H,3-6,10H2,1-2H3,(H,21,22). The molecule has 4 nitrogen and oxygen atoms in total. The number of amides is 1. The smallest absolute Gasteiger partial charge is 0.228 e. The molecule has 126 valence electrons. The molecule has 0 aliphatic heterocycles. The highest BCUT2D eigenvalue weighted by atomic mass is 16.5. The Bertz CT molecular complexity index is 717. The van der Waals surface area contributed by atoms with E-state index in [4.69, 9.17) is 9.47 Å². The maximum Gasteiger partial charge on any atom is 0.228 e. The molecule has 0 spiro atoms. The number of fused-ring (bicyclic) bond motifs is 1. The maximum atomic E-state index is 12.4. The SMILES string of the molecule is COc1cc(NC(=O)Cc2ccc3c(c2)CCCC3)cc(OC)c1. The number of carbonyl (C=O) groups is 1. The van der Waals surface area contributed by atoms with Crippen molar-refractivity contribution >= 4 is 11.6 Å². The van der Waals surface area contributed by atoms with Crippen molar-refractivity contribution in [3.8, 4) is 11.5 Å². The van der Waals surface area contributed by atoms with Gasteiger partial charge in [-0.3, -0.25) is 4.79 Å². The van der Waals surface area contributed by atoms with Gasteiger partial charge in [-0.1, -0.05) is 18.2 Å². The van der Waals surface area contributed by atoms with E-state index in [2.05, 4.69) is 23.5 Å². The first-order valence-corrected chi connectivity index (χ1v) is 8.31. The molecule has 4 heteroatoms. The minimum atomic E-state index is -0.0407. The van der Waals surface area contributed by atoms with Crippen molar-refractivity contribution in [2.45, 2.75) is 32.1 Å². The molecule has 0 heterocycles. The second-order valence-corrected chi connectivity index (χ2v) is 6.14. The zero-order valence-electron chi connectivity index (χ0n) is 14.2. The Morgan fingerprint density at radius 2 is 1.62 bits per heavy atom. The van der Waals surface area contributed by atoms with E-state index in [1.165, 1.54) is 24.0 Å². The number of rotatable bonds is 5. The van der Waals surface area contributed by atoms with Gasteiger partial charge >= 0.3 is 0 Å². The van der Waals surface area contributed by atoms with Crippen LogP contribution in [0, 0.1) is 0 Å². The summed E-state index contributed by atoms with van der Waals surface area (Å²) >= 11 is 0. The number of benzene rings is 2. The third kappa shape index (κ3) is 3.88. The minimum absolute atomic E-state index is 0.0407. The molecule has 1 N–H and O–H groups in total. The largest absolute Gasteiger partial charge is 0.497 e. The van der Waals surface area contributed by atoms with Crippen LogP contribution in [0.1, 0.15) is 29.5 Å². The Morgan fingerprint density at radius 3 is 2.29 bits per heavy atom. The fraction of sp³-hybridized carbons (Fsp3) is 0.350. The summed E-state index contributed by atoms with van der Waals surface area (Å²) in [5, 5.41) is 2.92. The average Bonchev–Trinajstić information content (AvgIpc) is 2.61. The lowest BCUT2D eigenvalue weighted by atomic mass is 9.90. The Hall–Kier alpha value is -2.49. The fourth-order valence-corrected chi connectivity index (χ4v) is 3.17. The molecule has 0 bridgehead atoms. The van der Waals surface area contributed by atoms with Gasteiger partial charge in [0.2, 0.25) is 5.91 Å². The van der Waals surface area contributed by atoms with Crippen LogP contribution in [0.25, 0.3) is 0 Å². The molecule has 0 fully saturated rings. The Kier molecular flexibility index (Phi) is 5.04. The lowest BCUT2D eigenvalue weighted by molar-refractivity contribution is -0.115. The van der Waals surface area contributed by atoms with Crippen molar-refractivity contribution in [1.82, 2.24) is 0 Å². The first kappa shape index (κ1) is 16.4. The van der Waals surface area contributed by atoms with E-state index < -0.39 is 0 Å². The number of anilines is 1. The molecule has 0 atom stereocenters. The van der Waals surface area contributed by atoms with Crippen LogP contribution in [-0.4, -0.2) is 20.1 Å². The van der Waals surface area contributed by atoms with Crippen LogP contribution in [0.4, 0.5) is 5.69 Å². The lowest BCUT2D eigenvalue weighted by Gasteiger charge is -2.16. The molecule has 1 amide bonds. The quantitative estimate of drug-likeness (QED) is 0.910. The van der Waals surface area contributed by atoms with E-state index in [1.807, 2.05) is 0 Å². The van der Waals surface area contributed by atoms with E-state index in [9.17, 15) is 4.79 Å². The van der Waals surface area contributed by atoms with Crippen molar-refractivity contribution in [1.29, 1.82) is 0 Å². The Morgan fingerprint density at radius 1 is 0.958 bits per heavy atom. The zero-order valence-corrected chi connectivity index (χ0v) is 14.2. The summed E-state index contributed by atoms with van der Waals surface area (Å²) in [5.74, 6) is 1.26. The summed E-state index contributed by atoms with van der Waals surface area (Å²) in [7, 11) is 3.18. The molecule has 1 aliphatic carbocycles. The highest BCUT2D eigenvalue weighted by molar-refractivity contribution is 5.92. The molecule has 0 saturated carbocycles. The summed E-state index contributed by atoms with van der Waals surface area (Å²) in [6.07, 6.45) is 5.16. The molecular weight excluding hydrogens is 302 g/mol. The van der Waals surface area contributed by atoms with Crippen molar-refractivity contribution in [2.24, 2.45) is 0 Å². The highest BCUT2D eigenvalue weighted by Crippen LogP contribution is 2.26. The summed E-state index contributed by atoms with van der Waals surface area (Å²) < 4.78 is 10.5. The number of aryl methyl sites for hydroxylation is 2. The molecule has 0 aromatic heterocycles. The van der Waals surface area contributed by atoms with Gasteiger partial charge in [-0.05, 0) is 42.4 Å². The monoisotopic (exact) mass is 325 g/mol. The lowest BCUT2D eigenvalue weighted by Crippen LogP contribution is -2.15. The topological polar surface area (TPSA) is 47.6 Å². The van der Waals surface area contributed by atoms with Gasteiger partial charge in [-0.25, -0.2) is 0 Å². The molecule has 24 heavy (non-hydrogen) atoms. The van der Waals surface area contributed by atoms with Crippen LogP contribution in [0.3, 0.4) is 0 Å². The summed E-state index contributed by atoms with van der Waals surface area (Å²) in [5.41, 5.74) is 4.56. The van der Waals surface area contributed by atoms with E-state index in [0.29, 0.717) is 23.6 Å². The number of hydrogen-bond donors (Lipinski definition) is 1. The number of nitrogens with one attached hydrogen (secondary N) is 1. The van der Waals surface area contributed by atoms with Gasteiger partial charge in [0.25, 0.3) is 0 Å². The predicted molar refractivity (Wildman–Crippen MR) is 95.0 cm³/mol. The van der Waals surface area contributed by atoms with Crippen LogP contribution < -0.4 is 14.8 Å². The van der Waals surface area contributed by atoms with Crippen molar-refractivity contribution in [3.63, 3.8) is 0 Å². The van der Waals surface area contributed by atoms with E-state index in [0.717, 1.165) is 18.4 Å². The summed E-state index contributed by atoms with van der Waals surface area (Å²) in [4.78, 5) is 12.4. The molecular formula is C20H23NO3. The normalized spacial score (nSPS) is 13.1. The van der Waals surface area contributed by atoms with Crippen LogP contribution in [-0.2, 0) is 24.1 Å². The molecule has 2 aromatic carbocycles. The van der Waals surface area contributed by atoms with Crippen LogP contribution in [0.5, 0.6) is 11.5 Å². The van der Waals surface area contributed by atoms with Crippen molar-refractivity contribution in [3.05, 3.63) is 53.1 Å². The van der Waals surface area contributed by atoms with Gasteiger partial charge in [0.05, 0.1) is 20.6 Å². The van der Waals surface area contributed by atoms with Gasteiger partial charge in [0.15, 0.2) is 0 Å². The molecule has 0 unspecified atom stereocenters. The first-order chi connectivity index (χ1) is 11.7. The van der Waals surface area contributed by atoms with Gasteiger partial charge in [0.1, 0.15) is 11.5 Å². The highest BCUT2D eigenvalue weighted by Gasteiger charge is 2.12. The van der Waals surface area contributed by atoms with Gasteiger partial charge < -0.3 is 14.8 Å². The van der Waals surface area contributed by atoms with Gasteiger partial charge in [0, 0.05) is 23.9 Å². The summed E-state index contributed by atoms with van der Waals surface area (Å²) in [6, 6.07) is 11.8. The predicted octanol–water partition coefficient (Wildman–Crippen LogP) is 3.76. The number of carbonyl (C=O) groups excluding carboxylic acids is 1. The number of methoxy groups -OCH3 is 2. The van der Waals surface area contributed by atoms with Crippen molar-refractivity contribution < 1.29 is 14.3 Å². The third-order valence-corrected chi connectivity index (χ3v) is 4.41. The van der Waals surface area contributed by atoms with Crippen molar-refractivity contribution in [2.75, 3.05) is 19.5 Å². The van der Waals surface area contributed by atoms with Crippen LogP contribution >= 0.6 is 0 Å². The molecule has 1 aliphatic rings. The van der Waals surface area contributed by atoms with E-state index >= 15 is 0 Å². The number of hydrogen-bond acceptors (Lipinski definition) is 3. The van der Waals surface area contributed by atoms with Crippen LogP contribution in [0.15, 0.2) is 36.4 Å². The van der Waals surface area contributed by atoms with E-state index in [1.54, 1.807) is 32.4 Å². The van der Waals surface area contributed by atoms with Crippen LogP contribution in [0.2, 0.25) is 0 Å². The maximum absolute atomic E-state index is 12.4. The third-order valence-electron chi connectivity index (χ3n) is 4.41. The minimum Gasteiger partial charge on any atom is -0.497 e. The molecule has 2 aromatic rings. The second-order valence-electron chi connectivity index (χ2n) is 6.14. The number of ether oxygens (including phenoxy) is 2. The Balaban J connectivity index is 1.69. The second kappa shape index (κ2) is 7.39. The average molecular weight is 325 g/mol. The van der Waals surface area contributed by atoms with Gasteiger partial charge in [-0.2, -0.15) is 0 Å². The molecule has 0 saturated heterocycles.